The summed E-state index contributed by atoms with van der Waals surface area (Å²) in [6, 6.07) is 27.2. The molecule has 1 saturated heterocycles. The van der Waals surface area contributed by atoms with Gasteiger partial charge < -0.3 is 19.1 Å². The Kier molecular flexibility index (Phi) is 6.00. The van der Waals surface area contributed by atoms with E-state index in [0.29, 0.717) is 31.0 Å². The van der Waals surface area contributed by atoms with Crippen LogP contribution in [0.15, 0.2) is 84.9 Å². The van der Waals surface area contributed by atoms with Crippen LogP contribution in [0.5, 0.6) is 11.5 Å². The van der Waals surface area contributed by atoms with E-state index in [1.165, 1.54) is 0 Å². The number of methoxy groups -OCH3 is 1. The summed E-state index contributed by atoms with van der Waals surface area (Å²) in [5, 5.41) is 0. The zero-order valence-electron chi connectivity index (χ0n) is 17.0. The fourth-order valence-corrected chi connectivity index (χ4v) is 3.66. The van der Waals surface area contributed by atoms with Gasteiger partial charge in [-0.3, -0.25) is 4.79 Å². The van der Waals surface area contributed by atoms with Crippen molar-refractivity contribution in [1.29, 1.82) is 0 Å². The number of para-hydroxylation sites is 2. The maximum atomic E-state index is 12.8. The van der Waals surface area contributed by atoms with E-state index in [2.05, 4.69) is 0 Å². The van der Waals surface area contributed by atoms with Gasteiger partial charge in [-0.2, -0.15) is 0 Å². The molecule has 0 aliphatic carbocycles. The van der Waals surface area contributed by atoms with Gasteiger partial charge in [0, 0.05) is 25.1 Å². The number of hydrogen-bond acceptors (Lipinski definition) is 4. The smallest absolute Gasteiger partial charge is 0.249 e. The van der Waals surface area contributed by atoms with Crippen LogP contribution in [0, 0.1) is 0 Å². The molecule has 0 N–H and O–H groups in total. The van der Waals surface area contributed by atoms with Crippen molar-refractivity contribution in [2.45, 2.75) is 18.8 Å². The molecule has 1 aliphatic rings. The molecular formula is C25H25NO4. The van der Waals surface area contributed by atoms with Crippen LogP contribution in [0.2, 0.25) is 0 Å². The van der Waals surface area contributed by atoms with Crippen LogP contribution in [0.1, 0.15) is 17.5 Å². The second-order valence-electron chi connectivity index (χ2n) is 7.21. The third-order valence-corrected chi connectivity index (χ3v) is 5.27. The Morgan fingerprint density at radius 2 is 1.53 bits per heavy atom. The average Bonchev–Trinajstić information content (AvgIpc) is 2.96. The molecule has 1 unspecified atom stereocenters. The average molecular weight is 403 g/mol. The van der Waals surface area contributed by atoms with Crippen molar-refractivity contribution in [3.05, 3.63) is 96.1 Å². The summed E-state index contributed by atoms with van der Waals surface area (Å²) in [5.41, 5.74) is 1.95. The van der Waals surface area contributed by atoms with Crippen molar-refractivity contribution in [2.75, 3.05) is 20.3 Å². The molecule has 3 aromatic carbocycles. The molecule has 0 bridgehead atoms. The molecule has 1 amide bonds. The van der Waals surface area contributed by atoms with Crippen LogP contribution in [-0.2, 0) is 21.9 Å². The number of hydrogen-bond donors (Lipinski definition) is 0. The van der Waals surface area contributed by atoms with Crippen LogP contribution in [0.3, 0.4) is 0 Å². The summed E-state index contributed by atoms with van der Waals surface area (Å²) in [6.45, 7) is 0.997. The molecule has 154 valence electrons. The van der Waals surface area contributed by atoms with E-state index in [0.717, 1.165) is 11.1 Å². The molecule has 0 aromatic heterocycles. The summed E-state index contributed by atoms with van der Waals surface area (Å²) >= 11 is 0. The van der Waals surface area contributed by atoms with Crippen molar-refractivity contribution in [3.63, 3.8) is 0 Å². The van der Waals surface area contributed by atoms with Crippen molar-refractivity contribution < 1.29 is 19.0 Å². The molecule has 1 aliphatic heterocycles. The number of carbonyl (C=O) groups excluding carboxylic acids is 1. The Morgan fingerprint density at radius 3 is 2.23 bits per heavy atom. The summed E-state index contributed by atoms with van der Waals surface area (Å²) in [5.74, 6) is 0.0537. The second-order valence-corrected chi connectivity index (χ2v) is 7.21. The largest absolute Gasteiger partial charge is 0.493 e. The quantitative estimate of drug-likeness (QED) is 0.613. The number of carbonyl (C=O) groups is 1. The summed E-state index contributed by atoms with van der Waals surface area (Å²) in [7, 11) is 1.61. The predicted molar refractivity (Wildman–Crippen MR) is 114 cm³/mol. The molecule has 1 atom stereocenters. The van der Waals surface area contributed by atoms with Crippen LogP contribution in [0.25, 0.3) is 0 Å². The minimum atomic E-state index is -1.09. The van der Waals surface area contributed by atoms with Gasteiger partial charge in [-0.05, 0) is 17.7 Å². The first-order valence-electron chi connectivity index (χ1n) is 10.0. The van der Waals surface area contributed by atoms with Gasteiger partial charge in [0.1, 0.15) is 6.61 Å². The molecular weight excluding hydrogens is 378 g/mol. The lowest BCUT2D eigenvalue weighted by atomic mass is 10.0. The minimum absolute atomic E-state index is 0.0553. The second kappa shape index (κ2) is 9.01. The molecule has 3 aromatic rings. The molecule has 1 fully saturated rings. The molecule has 1 heterocycles. The van der Waals surface area contributed by atoms with Gasteiger partial charge in [0.15, 0.2) is 11.5 Å². The first-order valence-corrected chi connectivity index (χ1v) is 10.0. The summed E-state index contributed by atoms with van der Waals surface area (Å²) in [6.07, 6.45) is 0.494. The molecule has 30 heavy (non-hydrogen) atoms. The van der Waals surface area contributed by atoms with Crippen LogP contribution in [0.4, 0.5) is 0 Å². The lowest BCUT2D eigenvalue weighted by Crippen LogP contribution is -2.37. The first-order chi connectivity index (χ1) is 14.7. The number of nitrogens with zero attached hydrogens (tertiary/aromatic N) is 1. The Balaban J connectivity index is 1.64. The van der Waals surface area contributed by atoms with E-state index < -0.39 is 5.79 Å². The molecule has 4 rings (SSSR count). The van der Waals surface area contributed by atoms with Crippen LogP contribution < -0.4 is 9.47 Å². The minimum Gasteiger partial charge on any atom is -0.493 e. The highest BCUT2D eigenvalue weighted by molar-refractivity contribution is 5.77. The highest BCUT2D eigenvalue weighted by atomic mass is 16.7. The van der Waals surface area contributed by atoms with Crippen molar-refractivity contribution in [3.8, 4) is 11.5 Å². The van der Waals surface area contributed by atoms with Crippen molar-refractivity contribution >= 4 is 5.91 Å². The normalized spacial score (nSPS) is 19.2. The van der Waals surface area contributed by atoms with Gasteiger partial charge in [0.25, 0.3) is 0 Å². The molecule has 5 heteroatoms. The van der Waals surface area contributed by atoms with E-state index >= 15 is 0 Å². The van der Waals surface area contributed by atoms with Gasteiger partial charge in [-0.25, -0.2) is 0 Å². The molecule has 0 radical (unpaired) electrons. The monoisotopic (exact) mass is 403 g/mol. The molecule has 0 spiro atoms. The van der Waals surface area contributed by atoms with Gasteiger partial charge >= 0.3 is 0 Å². The Hall–Kier alpha value is -3.31. The lowest BCUT2D eigenvalue weighted by Gasteiger charge is -2.33. The highest BCUT2D eigenvalue weighted by Crippen LogP contribution is 2.38. The molecule has 5 nitrogen and oxygen atoms in total. The third-order valence-electron chi connectivity index (χ3n) is 5.27. The highest BCUT2D eigenvalue weighted by Gasteiger charge is 2.41. The fourth-order valence-electron chi connectivity index (χ4n) is 3.66. The molecule has 0 saturated carbocycles. The maximum absolute atomic E-state index is 12.8. The number of rotatable bonds is 6. The standard InChI is InChI=1S/C25H25NO4/c1-28-22-14-8-9-15-23(22)30-25(21-12-6-3-7-13-21)16-17-26(24(27)19-29-25)18-20-10-4-2-5-11-20/h2-15H,16-19H2,1H3. The lowest BCUT2D eigenvalue weighted by molar-refractivity contribution is -0.191. The Morgan fingerprint density at radius 1 is 0.900 bits per heavy atom. The fraction of sp³-hybridized carbons (Fsp3) is 0.240. The van der Waals surface area contributed by atoms with Gasteiger partial charge in [-0.1, -0.05) is 72.8 Å². The zero-order chi connectivity index (χ0) is 20.8. The van der Waals surface area contributed by atoms with Crippen molar-refractivity contribution in [2.24, 2.45) is 0 Å². The topological polar surface area (TPSA) is 48.0 Å². The number of ether oxygens (including phenoxy) is 3. The van der Waals surface area contributed by atoms with Crippen LogP contribution >= 0.6 is 0 Å². The van der Waals surface area contributed by atoms with Gasteiger partial charge in [-0.15, -0.1) is 0 Å². The summed E-state index contributed by atoms with van der Waals surface area (Å²) in [4.78, 5) is 14.7. The third kappa shape index (κ3) is 4.31. The van der Waals surface area contributed by atoms with Gasteiger partial charge in [0.05, 0.1) is 7.11 Å². The van der Waals surface area contributed by atoms with E-state index in [1.807, 2.05) is 89.8 Å². The Bertz CT molecular complexity index is 977. The van der Waals surface area contributed by atoms with E-state index in [-0.39, 0.29) is 12.5 Å². The van der Waals surface area contributed by atoms with Crippen molar-refractivity contribution in [1.82, 2.24) is 4.90 Å². The first kappa shape index (κ1) is 20.0. The Labute approximate surface area is 176 Å². The summed E-state index contributed by atoms with van der Waals surface area (Å²) < 4.78 is 18.1. The number of benzene rings is 3. The SMILES string of the molecule is COc1ccccc1OC1(c2ccccc2)CCN(Cc2ccccc2)C(=O)CO1. The van der Waals surface area contributed by atoms with Gasteiger partial charge in [0.2, 0.25) is 11.7 Å². The van der Waals surface area contributed by atoms with E-state index in [4.69, 9.17) is 14.2 Å². The zero-order valence-corrected chi connectivity index (χ0v) is 17.0. The predicted octanol–water partition coefficient (Wildman–Crippen LogP) is 4.38. The maximum Gasteiger partial charge on any atom is 0.249 e. The van der Waals surface area contributed by atoms with E-state index in [1.54, 1.807) is 7.11 Å². The number of amides is 1. The van der Waals surface area contributed by atoms with Crippen LogP contribution in [-0.4, -0.2) is 31.1 Å². The van der Waals surface area contributed by atoms with E-state index in [9.17, 15) is 4.79 Å².